The Kier molecular flexibility index (Phi) is 11.3. The Morgan fingerprint density at radius 3 is 1.29 bits per heavy atom. The molecule has 0 atom stereocenters. The molecule has 0 aromatic heterocycles. The standard InChI is InChI=1S/C28H36N4O6/c1-37-17-15-29-25(33)19-7-11-23(12-8-19)31-27(35)21-3-5-22(6-4-21)28(36)32-24-13-9-20(10-14-24)26(34)30-16-18-38-2/h7-14,21-22H,3-6,15-18H2,1-2H3,(H,29,33)(H,30,34)(H,31,35)(H,32,36). The quantitative estimate of drug-likeness (QED) is 0.316. The Hall–Kier alpha value is -3.76. The SMILES string of the molecule is COCCNC(=O)c1ccc(NC(=O)C2CCC(C(=O)Nc3ccc(C(=O)NCCOC)cc3)CC2)cc1. The van der Waals surface area contributed by atoms with E-state index in [2.05, 4.69) is 21.3 Å². The van der Waals surface area contributed by atoms with Gasteiger partial charge in [-0.3, -0.25) is 19.2 Å². The predicted molar refractivity (Wildman–Crippen MR) is 144 cm³/mol. The van der Waals surface area contributed by atoms with Gasteiger partial charge in [-0.25, -0.2) is 0 Å². The molecule has 38 heavy (non-hydrogen) atoms. The molecule has 0 aliphatic heterocycles. The second-order valence-corrected chi connectivity index (χ2v) is 9.18. The van der Waals surface area contributed by atoms with Crippen LogP contribution in [0.3, 0.4) is 0 Å². The van der Waals surface area contributed by atoms with E-state index in [0.29, 0.717) is 74.5 Å². The molecule has 1 aliphatic carbocycles. The Morgan fingerprint density at radius 1 is 0.632 bits per heavy atom. The lowest BCUT2D eigenvalue weighted by Crippen LogP contribution is -2.32. The number of hydrogen-bond donors (Lipinski definition) is 4. The first-order valence-corrected chi connectivity index (χ1v) is 12.8. The van der Waals surface area contributed by atoms with Gasteiger partial charge in [0.2, 0.25) is 11.8 Å². The number of amides is 4. The van der Waals surface area contributed by atoms with Gasteiger partial charge in [-0.05, 0) is 74.2 Å². The van der Waals surface area contributed by atoms with Gasteiger partial charge >= 0.3 is 0 Å². The highest BCUT2D eigenvalue weighted by Gasteiger charge is 2.30. The molecule has 0 bridgehead atoms. The Morgan fingerprint density at radius 2 is 0.974 bits per heavy atom. The first-order valence-electron chi connectivity index (χ1n) is 12.8. The molecule has 0 heterocycles. The fraction of sp³-hybridized carbons (Fsp3) is 0.429. The van der Waals surface area contributed by atoms with Crippen molar-refractivity contribution in [3.05, 3.63) is 59.7 Å². The highest BCUT2D eigenvalue weighted by Crippen LogP contribution is 2.30. The molecule has 1 fully saturated rings. The number of benzene rings is 2. The maximum Gasteiger partial charge on any atom is 0.251 e. The van der Waals surface area contributed by atoms with Crippen molar-refractivity contribution in [2.24, 2.45) is 11.8 Å². The summed E-state index contributed by atoms with van der Waals surface area (Å²) >= 11 is 0. The van der Waals surface area contributed by atoms with E-state index in [9.17, 15) is 19.2 Å². The van der Waals surface area contributed by atoms with Gasteiger partial charge < -0.3 is 30.7 Å². The summed E-state index contributed by atoms with van der Waals surface area (Å²) in [4.78, 5) is 49.7. The molecule has 10 nitrogen and oxygen atoms in total. The number of nitrogens with one attached hydrogen (secondary N) is 4. The Bertz CT molecular complexity index is 992. The van der Waals surface area contributed by atoms with E-state index in [-0.39, 0.29) is 35.5 Å². The van der Waals surface area contributed by atoms with Crippen LogP contribution in [0.1, 0.15) is 46.4 Å². The van der Waals surface area contributed by atoms with Gasteiger partial charge in [0, 0.05) is 61.6 Å². The first-order chi connectivity index (χ1) is 18.4. The molecule has 2 aromatic carbocycles. The van der Waals surface area contributed by atoms with Crippen LogP contribution in [0.25, 0.3) is 0 Å². The van der Waals surface area contributed by atoms with Crippen LogP contribution in [0.2, 0.25) is 0 Å². The average molecular weight is 525 g/mol. The lowest BCUT2D eigenvalue weighted by molar-refractivity contribution is -0.125. The van der Waals surface area contributed by atoms with Crippen molar-refractivity contribution in [1.82, 2.24) is 10.6 Å². The number of carbonyl (C=O) groups is 4. The molecular formula is C28H36N4O6. The maximum atomic E-state index is 12.8. The number of methoxy groups -OCH3 is 2. The third-order valence-electron chi connectivity index (χ3n) is 6.48. The van der Waals surface area contributed by atoms with Crippen LogP contribution in [0.15, 0.2) is 48.5 Å². The average Bonchev–Trinajstić information content (AvgIpc) is 2.94. The fourth-order valence-corrected chi connectivity index (χ4v) is 4.25. The van der Waals surface area contributed by atoms with Crippen LogP contribution >= 0.6 is 0 Å². The highest BCUT2D eigenvalue weighted by molar-refractivity contribution is 5.97. The number of carbonyl (C=O) groups excluding carboxylic acids is 4. The molecular weight excluding hydrogens is 488 g/mol. The van der Waals surface area contributed by atoms with Gasteiger partial charge in [-0.1, -0.05) is 0 Å². The summed E-state index contributed by atoms with van der Waals surface area (Å²) in [6.07, 6.45) is 2.46. The molecule has 4 N–H and O–H groups in total. The number of anilines is 2. The van der Waals surface area contributed by atoms with Crippen molar-refractivity contribution in [2.45, 2.75) is 25.7 Å². The number of ether oxygens (including phenoxy) is 2. The van der Waals surface area contributed by atoms with E-state index >= 15 is 0 Å². The summed E-state index contributed by atoms with van der Waals surface area (Å²) in [7, 11) is 3.14. The summed E-state index contributed by atoms with van der Waals surface area (Å²) < 4.78 is 9.84. The van der Waals surface area contributed by atoms with Crippen molar-refractivity contribution < 1.29 is 28.7 Å². The van der Waals surface area contributed by atoms with E-state index in [1.807, 2.05) is 0 Å². The highest BCUT2D eigenvalue weighted by atomic mass is 16.5. The molecule has 0 spiro atoms. The molecule has 2 aromatic rings. The first kappa shape index (κ1) is 28.8. The van der Waals surface area contributed by atoms with Crippen molar-refractivity contribution in [2.75, 3.05) is 51.2 Å². The molecule has 4 amide bonds. The van der Waals surface area contributed by atoms with Gasteiger partial charge in [0.25, 0.3) is 11.8 Å². The summed E-state index contributed by atoms with van der Waals surface area (Å²) in [6.45, 7) is 1.73. The van der Waals surface area contributed by atoms with Gasteiger partial charge in [0.1, 0.15) is 0 Å². The smallest absolute Gasteiger partial charge is 0.251 e. The molecule has 1 aliphatic rings. The normalized spacial score (nSPS) is 16.8. The zero-order valence-corrected chi connectivity index (χ0v) is 21.9. The van der Waals surface area contributed by atoms with E-state index in [0.717, 1.165) is 0 Å². The lowest BCUT2D eigenvalue weighted by atomic mass is 9.81. The van der Waals surface area contributed by atoms with Crippen LogP contribution in [0.4, 0.5) is 11.4 Å². The van der Waals surface area contributed by atoms with E-state index < -0.39 is 0 Å². The summed E-state index contributed by atoms with van der Waals surface area (Å²) in [5.74, 6) is -0.910. The molecule has 0 saturated heterocycles. The molecule has 10 heteroatoms. The van der Waals surface area contributed by atoms with Gasteiger partial charge in [0.15, 0.2) is 0 Å². The predicted octanol–water partition coefficient (Wildman–Crippen LogP) is 2.82. The minimum atomic E-state index is -0.198. The lowest BCUT2D eigenvalue weighted by Gasteiger charge is -2.27. The zero-order chi connectivity index (χ0) is 27.3. The molecule has 3 rings (SSSR count). The summed E-state index contributed by atoms with van der Waals surface area (Å²) in [5.41, 5.74) is 2.26. The number of hydrogen-bond acceptors (Lipinski definition) is 6. The van der Waals surface area contributed by atoms with Crippen LogP contribution < -0.4 is 21.3 Å². The van der Waals surface area contributed by atoms with E-state index in [1.165, 1.54) is 0 Å². The van der Waals surface area contributed by atoms with Gasteiger partial charge in [-0.2, -0.15) is 0 Å². The third kappa shape index (κ3) is 8.67. The Labute approximate surface area is 222 Å². The van der Waals surface area contributed by atoms with Crippen LogP contribution in [0, 0.1) is 11.8 Å². The van der Waals surface area contributed by atoms with Gasteiger partial charge in [-0.15, -0.1) is 0 Å². The van der Waals surface area contributed by atoms with Crippen LogP contribution in [-0.2, 0) is 19.1 Å². The Balaban J connectivity index is 1.42. The minimum Gasteiger partial charge on any atom is -0.383 e. The number of rotatable bonds is 12. The van der Waals surface area contributed by atoms with Crippen molar-refractivity contribution in [3.63, 3.8) is 0 Å². The van der Waals surface area contributed by atoms with E-state index in [1.54, 1.807) is 62.8 Å². The maximum absolute atomic E-state index is 12.8. The molecule has 204 valence electrons. The second-order valence-electron chi connectivity index (χ2n) is 9.18. The monoisotopic (exact) mass is 524 g/mol. The van der Waals surface area contributed by atoms with Crippen molar-refractivity contribution >= 4 is 35.0 Å². The van der Waals surface area contributed by atoms with Crippen molar-refractivity contribution in [3.8, 4) is 0 Å². The topological polar surface area (TPSA) is 135 Å². The van der Waals surface area contributed by atoms with Crippen LogP contribution in [-0.4, -0.2) is 64.2 Å². The molecule has 1 saturated carbocycles. The summed E-state index contributed by atoms with van der Waals surface area (Å²) in [5, 5.41) is 11.3. The minimum absolute atomic E-state index is 0.0829. The van der Waals surface area contributed by atoms with Crippen LogP contribution in [0.5, 0.6) is 0 Å². The third-order valence-corrected chi connectivity index (χ3v) is 6.48. The largest absolute Gasteiger partial charge is 0.383 e. The van der Waals surface area contributed by atoms with E-state index in [4.69, 9.17) is 9.47 Å². The molecule has 0 unspecified atom stereocenters. The van der Waals surface area contributed by atoms with Gasteiger partial charge in [0.05, 0.1) is 13.2 Å². The molecule has 0 radical (unpaired) electrons. The summed E-state index contributed by atoms with van der Waals surface area (Å²) in [6, 6.07) is 13.5. The fourth-order valence-electron chi connectivity index (χ4n) is 4.25. The van der Waals surface area contributed by atoms with Crippen molar-refractivity contribution in [1.29, 1.82) is 0 Å². The second kappa shape index (κ2) is 14.8. The zero-order valence-electron chi connectivity index (χ0n) is 21.9.